The molecule has 102 valence electrons. The van der Waals surface area contributed by atoms with Crippen LogP contribution in [0, 0.1) is 0 Å². The SMILES string of the molecule is CC1(CNC(=O)C2Cc3ccccc3N2)CCCS1. The van der Waals surface area contributed by atoms with Crippen LogP contribution >= 0.6 is 11.8 Å². The maximum atomic E-state index is 12.2. The van der Waals surface area contributed by atoms with Crippen molar-refractivity contribution in [3.8, 4) is 0 Å². The minimum Gasteiger partial charge on any atom is -0.373 e. The van der Waals surface area contributed by atoms with Gasteiger partial charge in [0.15, 0.2) is 0 Å². The molecule has 1 aromatic carbocycles. The number of anilines is 1. The quantitative estimate of drug-likeness (QED) is 0.891. The number of rotatable bonds is 3. The first-order valence-corrected chi connectivity index (χ1v) is 7.91. The molecule has 2 unspecified atom stereocenters. The second-order valence-corrected chi connectivity index (χ2v) is 7.36. The van der Waals surface area contributed by atoms with E-state index < -0.39 is 0 Å². The van der Waals surface area contributed by atoms with Gasteiger partial charge >= 0.3 is 0 Å². The molecule has 2 aliphatic rings. The molecule has 1 amide bonds. The van der Waals surface area contributed by atoms with Gasteiger partial charge in [-0.05, 0) is 37.1 Å². The van der Waals surface area contributed by atoms with Gasteiger partial charge in [-0.1, -0.05) is 18.2 Å². The zero-order valence-corrected chi connectivity index (χ0v) is 12.1. The lowest BCUT2D eigenvalue weighted by atomic mass is 10.1. The van der Waals surface area contributed by atoms with Crippen molar-refractivity contribution in [2.24, 2.45) is 0 Å². The third kappa shape index (κ3) is 2.73. The zero-order chi connectivity index (χ0) is 13.3. The smallest absolute Gasteiger partial charge is 0.242 e. The summed E-state index contributed by atoms with van der Waals surface area (Å²) in [6, 6.07) is 8.05. The molecule has 0 bridgehead atoms. The van der Waals surface area contributed by atoms with Crippen LogP contribution < -0.4 is 10.6 Å². The highest BCUT2D eigenvalue weighted by Crippen LogP contribution is 2.37. The van der Waals surface area contributed by atoms with Gasteiger partial charge in [-0.25, -0.2) is 0 Å². The maximum absolute atomic E-state index is 12.2. The molecule has 2 atom stereocenters. The normalized spacial score (nSPS) is 28.8. The van der Waals surface area contributed by atoms with Crippen LogP contribution in [-0.4, -0.2) is 29.0 Å². The highest BCUT2D eigenvalue weighted by molar-refractivity contribution is 8.00. The lowest BCUT2D eigenvalue weighted by Gasteiger charge is -2.24. The summed E-state index contributed by atoms with van der Waals surface area (Å²) in [5.74, 6) is 1.35. The molecule has 0 aliphatic carbocycles. The predicted molar refractivity (Wildman–Crippen MR) is 80.7 cm³/mol. The number of hydrogen-bond acceptors (Lipinski definition) is 3. The average molecular weight is 276 g/mol. The molecule has 1 aromatic rings. The fraction of sp³-hybridized carbons (Fsp3) is 0.533. The lowest BCUT2D eigenvalue weighted by molar-refractivity contribution is -0.121. The number of amides is 1. The van der Waals surface area contributed by atoms with Gasteiger partial charge in [-0.3, -0.25) is 4.79 Å². The van der Waals surface area contributed by atoms with Gasteiger partial charge in [0.1, 0.15) is 6.04 Å². The first-order valence-electron chi connectivity index (χ1n) is 6.92. The molecule has 1 saturated heterocycles. The summed E-state index contributed by atoms with van der Waals surface area (Å²) in [6.07, 6.45) is 3.27. The molecular formula is C15H20N2OS. The van der Waals surface area contributed by atoms with Crippen molar-refractivity contribution in [3.63, 3.8) is 0 Å². The zero-order valence-electron chi connectivity index (χ0n) is 11.2. The fourth-order valence-corrected chi connectivity index (χ4v) is 4.07. The Hall–Kier alpha value is -1.16. The molecule has 0 aromatic heterocycles. The van der Waals surface area contributed by atoms with Crippen LogP contribution in [0.4, 0.5) is 5.69 Å². The van der Waals surface area contributed by atoms with Gasteiger partial charge in [-0.2, -0.15) is 11.8 Å². The Morgan fingerprint density at radius 1 is 1.53 bits per heavy atom. The Morgan fingerprint density at radius 2 is 2.37 bits per heavy atom. The van der Waals surface area contributed by atoms with Crippen molar-refractivity contribution in [3.05, 3.63) is 29.8 Å². The van der Waals surface area contributed by atoms with E-state index in [1.54, 1.807) is 0 Å². The molecule has 0 spiro atoms. The Balaban J connectivity index is 1.55. The predicted octanol–water partition coefficient (Wildman–Crippen LogP) is 2.43. The minimum absolute atomic E-state index is 0.104. The highest BCUT2D eigenvalue weighted by atomic mass is 32.2. The van der Waals surface area contributed by atoms with Gasteiger partial charge in [-0.15, -0.1) is 0 Å². The fourth-order valence-electron chi connectivity index (χ4n) is 2.83. The minimum atomic E-state index is -0.104. The standard InChI is InChI=1S/C15H20N2OS/c1-15(7-4-8-19-15)10-16-14(18)13-9-11-5-2-3-6-12(11)17-13/h2-3,5-6,13,17H,4,7-10H2,1H3,(H,16,18). The van der Waals surface area contributed by atoms with Crippen LogP contribution in [0.2, 0.25) is 0 Å². The molecule has 3 rings (SSSR count). The van der Waals surface area contributed by atoms with E-state index in [1.165, 1.54) is 24.2 Å². The van der Waals surface area contributed by atoms with Crippen molar-refractivity contribution < 1.29 is 4.79 Å². The van der Waals surface area contributed by atoms with E-state index in [0.717, 1.165) is 18.7 Å². The van der Waals surface area contributed by atoms with E-state index in [-0.39, 0.29) is 16.7 Å². The molecule has 1 fully saturated rings. The van der Waals surface area contributed by atoms with E-state index >= 15 is 0 Å². The number of carbonyl (C=O) groups excluding carboxylic acids is 1. The van der Waals surface area contributed by atoms with Gasteiger partial charge in [0.05, 0.1) is 0 Å². The van der Waals surface area contributed by atoms with Crippen LogP contribution in [-0.2, 0) is 11.2 Å². The number of benzene rings is 1. The summed E-state index contributed by atoms with van der Waals surface area (Å²) in [7, 11) is 0. The Morgan fingerprint density at radius 3 is 3.11 bits per heavy atom. The van der Waals surface area contributed by atoms with Gasteiger partial charge < -0.3 is 10.6 Å². The molecule has 2 N–H and O–H groups in total. The monoisotopic (exact) mass is 276 g/mol. The van der Waals surface area contributed by atoms with E-state index in [1.807, 2.05) is 30.0 Å². The Bertz CT molecular complexity index is 458. The summed E-state index contributed by atoms with van der Waals surface area (Å²) < 4.78 is 0.237. The average Bonchev–Trinajstić information content (AvgIpc) is 3.02. The van der Waals surface area contributed by atoms with Crippen LogP contribution in [0.5, 0.6) is 0 Å². The van der Waals surface area contributed by atoms with Crippen molar-refractivity contribution in [2.75, 3.05) is 17.6 Å². The van der Waals surface area contributed by atoms with Crippen LogP contribution in [0.1, 0.15) is 25.3 Å². The molecule has 19 heavy (non-hydrogen) atoms. The molecule has 3 nitrogen and oxygen atoms in total. The van der Waals surface area contributed by atoms with Crippen molar-refractivity contribution in [2.45, 2.75) is 37.0 Å². The Kier molecular flexibility index (Phi) is 3.44. The van der Waals surface area contributed by atoms with Gasteiger partial charge in [0.2, 0.25) is 5.91 Å². The number of hydrogen-bond donors (Lipinski definition) is 2. The van der Waals surface area contributed by atoms with Crippen molar-refractivity contribution in [1.82, 2.24) is 5.32 Å². The number of carbonyl (C=O) groups is 1. The van der Waals surface area contributed by atoms with E-state index in [0.29, 0.717) is 0 Å². The van der Waals surface area contributed by atoms with Crippen LogP contribution in [0.25, 0.3) is 0 Å². The summed E-state index contributed by atoms with van der Waals surface area (Å²) in [6.45, 7) is 3.03. The largest absolute Gasteiger partial charge is 0.373 e. The lowest BCUT2D eigenvalue weighted by Crippen LogP contribution is -2.44. The topological polar surface area (TPSA) is 41.1 Å². The summed E-state index contributed by atoms with van der Waals surface area (Å²) in [5, 5.41) is 6.42. The number of fused-ring (bicyclic) bond motifs is 1. The first-order chi connectivity index (χ1) is 9.16. The van der Waals surface area contributed by atoms with Gasteiger partial charge in [0, 0.05) is 23.4 Å². The third-order valence-electron chi connectivity index (χ3n) is 4.02. The summed E-state index contributed by atoms with van der Waals surface area (Å²) in [5.41, 5.74) is 2.34. The first kappa shape index (κ1) is 12.9. The second-order valence-electron chi connectivity index (χ2n) is 5.68. The molecule has 0 radical (unpaired) electrons. The Labute approximate surface area is 118 Å². The van der Waals surface area contributed by atoms with E-state index in [9.17, 15) is 4.79 Å². The van der Waals surface area contributed by atoms with Gasteiger partial charge in [0.25, 0.3) is 0 Å². The maximum Gasteiger partial charge on any atom is 0.242 e. The van der Waals surface area contributed by atoms with Crippen LogP contribution in [0.3, 0.4) is 0 Å². The van der Waals surface area contributed by atoms with E-state index in [2.05, 4.69) is 23.6 Å². The van der Waals surface area contributed by atoms with Crippen molar-refractivity contribution >= 4 is 23.4 Å². The molecular weight excluding hydrogens is 256 g/mol. The van der Waals surface area contributed by atoms with Crippen LogP contribution in [0.15, 0.2) is 24.3 Å². The highest BCUT2D eigenvalue weighted by Gasteiger charge is 2.32. The number of para-hydroxylation sites is 1. The third-order valence-corrected chi connectivity index (χ3v) is 5.56. The summed E-state index contributed by atoms with van der Waals surface area (Å²) >= 11 is 1.98. The summed E-state index contributed by atoms with van der Waals surface area (Å²) in [4.78, 5) is 12.2. The second kappa shape index (κ2) is 5.08. The number of thioether (sulfide) groups is 1. The van der Waals surface area contributed by atoms with Crippen molar-refractivity contribution in [1.29, 1.82) is 0 Å². The molecule has 2 heterocycles. The molecule has 0 saturated carbocycles. The molecule has 2 aliphatic heterocycles. The molecule has 4 heteroatoms. The van der Waals surface area contributed by atoms with E-state index in [4.69, 9.17) is 0 Å². The number of nitrogens with one attached hydrogen (secondary N) is 2.